The lowest BCUT2D eigenvalue weighted by Crippen LogP contribution is -2.07. The maximum atomic E-state index is 12.7. The molecule has 11 heteroatoms. The van der Waals surface area contributed by atoms with Gasteiger partial charge in [-0.2, -0.15) is 13.2 Å². The summed E-state index contributed by atoms with van der Waals surface area (Å²) in [5, 5.41) is 0.611. The molecule has 0 unspecified atom stereocenters. The molecule has 30 heavy (non-hydrogen) atoms. The number of hydrogen-bond donors (Lipinski definition) is 0. The Morgan fingerprint density at radius 1 is 1.07 bits per heavy atom. The molecule has 4 rings (SSSR count). The van der Waals surface area contributed by atoms with Gasteiger partial charge in [0.05, 0.1) is 16.2 Å². The number of aromatic nitrogens is 2. The van der Waals surface area contributed by atoms with Crippen LogP contribution in [0, 0.1) is 0 Å². The third-order valence-electron chi connectivity index (χ3n) is 4.25. The Hall–Kier alpha value is -2.11. The monoisotopic (exact) mass is 516 g/mol. The van der Waals surface area contributed by atoms with Gasteiger partial charge in [-0.05, 0) is 54.2 Å². The number of alkyl halides is 3. The van der Waals surface area contributed by atoms with Crippen LogP contribution < -0.4 is 0 Å². The van der Waals surface area contributed by atoms with Gasteiger partial charge in [-0.15, -0.1) is 0 Å². The summed E-state index contributed by atoms with van der Waals surface area (Å²) in [6, 6.07) is 10.6. The summed E-state index contributed by atoms with van der Waals surface area (Å²) in [5.41, 5.74) is -3.48. The molecule has 2 heterocycles. The van der Waals surface area contributed by atoms with E-state index in [2.05, 4.69) is 25.9 Å². The fourth-order valence-corrected chi connectivity index (χ4v) is 4.88. The molecule has 0 atom stereocenters. The lowest BCUT2D eigenvalue weighted by molar-refractivity contribution is -0.0328. The number of nitrogens with zero attached hydrogens (tertiary/aromatic N) is 2. The minimum Gasteiger partial charge on any atom is -0.435 e. The highest BCUT2D eigenvalue weighted by Crippen LogP contribution is 2.39. The Morgan fingerprint density at radius 3 is 2.53 bits per heavy atom. The minimum atomic E-state index is -4.43. The zero-order chi connectivity index (χ0) is 21.7. The van der Waals surface area contributed by atoms with E-state index in [1.165, 1.54) is 31.2 Å². The molecule has 0 amide bonds. The van der Waals surface area contributed by atoms with Gasteiger partial charge >= 0.3 is 5.51 Å². The van der Waals surface area contributed by atoms with Crippen molar-refractivity contribution in [3.63, 3.8) is 0 Å². The van der Waals surface area contributed by atoms with E-state index in [1.54, 1.807) is 18.2 Å². The topological polar surface area (TPSA) is 73.1 Å². The third-order valence-corrected chi connectivity index (χ3v) is 7.21. The third kappa shape index (κ3) is 4.19. The second-order valence-corrected chi connectivity index (χ2v) is 10.6. The summed E-state index contributed by atoms with van der Waals surface area (Å²) >= 11 is 3.09. The second kappa shape index (κ2) is 7.54. The molecule has 0 fully saturated rings. The highest BCUT2D eigenvalue weighted by molar-refractivity contribution is 9.10. The van der Waals surface area contributed by atoms with Crippen LogP contribution in [0.1, 0.15) is 6.92 Å². The molecule has 0 aliphatic carbocycles. The number of halogens is 4. The summed E-state index contributed by atoms with van der Waals surface area (Å²) < 4.78 is 69.8. The van der Waals surface area contributed by atoms with Gasteiger partial charge in [0, 0.05) is 14.8 Å². The number of hydrogen-bond acceptors (Lipinski definition) is 6. The average molecular weight is 517 g/mol. The summed E-state index contributed by atoms with van der Waals surface area (Å²) in [4.78, 5) is 8.56. The van der Waals surface area contributed by atoms with E-state index in [4.69, 9.17) is 4.42 Å². The zero-order valence-corrected chi connectivity index (χ0v) is 18.4. The van der Waals surface area contributed by atoms with Crippen molar-refractivity contribution >= 4 is 59.5 Å². The number of pyridine rings is 1. The van der Waals surface area contributed by atoms with E-state index < -0.39 is 15.3 Å². The van der Waals surface area contributed by atoms with Crippen molar-refractivity contribution in [2.45, 2.75) is 22.2 Å². The molecular formula is C19H12BrF3N2O3S2. The first-order chi connectivity index (χ1) is 14.1. The van der Waals surface area contributed by atoms with E-state index in [0.717, 1.165) is 4.47 Å². The largest absolute Gasteiger partial charge is 0.446 e. The van der Waals surface area contributed by atoms with Crippen LogP contribution in [-0.2, 0) is 9.84 Å². The molecule has 0 saturated carbocycles. The summed E-state index contributed by atoms with van der Waals surface area (Å²) in [6.07, 6.45) is 0. The van der Waals surface area contributed by atoms with Crippen LogP contribution in [0.3, 0.4) is 0 Å². The van der Waals surface area contributed by atoms with E-state index in [0.29, 0.717) is 10.9 Å². The Balaban J connectivity index is 1.92. The summed E-state index contributed by atoms with van der Waals surface area (Å²) in [5.74, 6) is -0.232. The van der Waals surface area contributed by atoms with Crippen molar-refractivity contribution in [3.05, 3.63) is 46.9 Å². The Labute approximate surface area is 181 Å². The van der Waals surface area contributed by atoms with E-state index >= 15 is 0 Å². The van der Waals surface area contributed by atoms with Gasteiger partial charge in [0.2, 0.25) is 5.89 Å². The fourth-order valence-electron chi connectivity index (χ4n) is 2.88. The zero-order valence-electron chi connectivity index (χ0n) is 15.2. The van der Waals surface area contributed by atoms with Crippen molar-refractivity contribution in [2.24, 2.45) is 0 Å². The lowest BCUT2D eigenvalue weighted by Gasteiger charge is -2.08. The molecule has 5 nitrogen and oxygen atoms in total. The molecule has 4 aromatic rings. The van der Waals surface area contributed by atoms with Crippen LogP contribution in [-0.4, -0.2) is 29.6 Å². The van der Waals surface area contributed by atoms with Gasteiger partial charge < -0.3 is 4.42 Å². The Kier molecular flexibility index (Phi) is 5.31. The quantitative estimate of drug-likeness (QED) is 0.300. The van der Waals surface area contributed by atoms with Gasteiger partial charge in [-0.1, -0.05) is 22.9 Å². The number of benzene rings is 2. The minimum absolute atomic E-state index is 0.0212. The molecule has 156 valence electrons. The number of fused-ring (bicyclic) bond motifs is 2. The molecule has 0 aliphatic heterocycles. The summed E-state index contributed by atoms with van der Waals surface area (Å²) in [7, 11) is -3.68. The Bertz CT molecular complexity index is 1390. The molecule has 2 aromatic heterocycles. The summed E-state index contributed by atoms with van der Waals surface area (Å²) in [6.45, 7) is 1.51. The molecule has 0 saturated heterocycles. The second-order valence-electron chi connectivity index (χ2n) is 6.27. The first-order valence-corrected chi connectivity index (χ1v) is 11.8. The van der Waals surface area contributed by atoms with Crippen LogP contribution in [0.4, 0.5) is 13.2 Å². The SMILES string of the molecule is CCS(=O)(=O)c1cc2cc(Br)ccc2nc1-c1nc2cc(SC(F)(F)F)ccc2o1. The standard InChI is InChI=1S/C19H12BrF3N2O3S2/c1-2-30(26,27)16-8-10-7-11(20)3-5-13(10)24-17(16)18-25-14-9-12(29-19(21,22)23)4-6-15(14)28-18/h3-9H,2H2,1H3. The lowest BCUT2D eigenvalue weighted by atomic mass is 10.2. The highest BCUT2D eigenvalue weighted by Gasteiger charge is 2.30. The fraction of sp³-hybridized carbons (Fsp3) is 0.158. The van der Waals surface area contributed by atoms with Gasteiger partial charge in [0.1, 0.15) is 11.2 Å². The molecule has 0 radical (unpaired) electrons. The molecule has 0 bridgehead atoms. The van der Waals surface area contributed by atoms with Crippen LogP contribution in [0.15, 0.2) is 61.1 Å². The van der Waals surface area contributed by atoms with Gasteiger partial charge in [-0.3, -0.25) is 0 Å². The maximum Gasteiger partial charge on any atom is 0.446 e. The normalized spacial score (nSPS) is 12.7. The number of thioether (sulfide) groups is 1. The highest BCUT2D eigenvalue weighted by atomic mass is 79.9. The van der Waals surface area contributed by atoms with Gasteiger partial charge in [0.15, 0.2) is 15.4 Å². The van der Waals surface area contributed by atoms with Gasteiger partial charge in [-0.25, -0.2) is 18.4 Å². The van der Waals surface area contributed by atoms with Crippen LogP contribution in [0.2, 0.25) is 0 Å². The number of sulfone groups is 1. The maximum absolute atomic E-state index is 12.7. The van der Waals surface area contributed by atoms with E-state index in [1.807, 2.05) is 0 Å². The predicted molar refractivity (Wildman–Crippen MR) is 112 cm³/mol. The molecular weight excluding hydrogens is 505 g/mol. The van der Waals surface area contributed by atoms with Crippen LogP contribution in [0.25, 0.3) is 33.6 Å². The van der Waals surface area contributed by atoms with Crippen molar-refractivity contribution < 1.29 is 26.0 Å². The molecule has 0 aliphatic rings. The van der Waals surface area contributed by atoms with Crippen molar-refractivity contribution in [3.8, 4) is 11.6 Å². The van der Waals surface area contributed by atoms with Crippen molar-refractivity contribution in [1.29, 1.82) is 0 Å². The molecule has 2 aromatic carbocycles. The van der Waals surface area contributed by atoms with Crippen molar-refractivity contribution in [1.82, 2.24) is 9.97 Å². The Morgan fingerprint density at radius 2 is 1.83 bits per heavy atom. The van der Waals surface area contributed by atoms with Crippen LogP contribution >= 0.6 is 27.7 Å². The van der Waals surface area contributed by atoms with E-state index in [-0.39, 0.29) is 50.0 Å². The molecule has 0 N–H and O–H groups in total. The average Bonchev–Trinajstić information content (AvgIpc) is 3.08. The van der Waals surface area contributed by atoms with Gasteiger partial charge in [0.25, 0.3) is 0 Å². The van der Waals surface area contributed by atoms with Crippen molar-refractivity contribution in [2.75, 3.05) is 5.75 Å². The van der Waals surface area contributed by atoms with E-state index in [9.17, 15) is 21.6 Å². The molecule has 0 spiro atoms. The first-order valence-electron chi connectivity index (χ1n) is 8.55. The first kappa shape index (κ1) is 21.1. The predicted octanol–water partition coefficient (Wildman–Crippen LogP) is 6.21. The van der Waals surface area contributed by atoms with Crippen LogP contribution in [0.5, 0.6) is 0 Å². The smallest absolute Gasteiger partial charge is 0.435 e. The number of rotatable bonds is 4. The number of oxazole rings is 1.